The molecule has 3 fully saturated rings. The number of allylic oxidation sites excluding steroid dienone is 2. The van der Waals surface area contributed by atoms with Crippen LogP contribution in [0.4, 0.5) is 42.1 Å². The molecule has 8 rings (SSSR count). The zero-order valence-electron chi connectivity index (χ0n) is 28.8. The van der Waals surface area contributed by atoms with Crippen LogP contribution in [0.3, 0.4) is 0 Å². The summed E-state index contributed by atoms with van der Waals surface area (Å²) in [6.45, 7) is 0. The topological polar surface area (TPSA) is 107 Å². The smallest absolute Gasteiger partial charge is 0.416 e. The molecule has 2 aliphatic heterocycles. The largest absolute Gasteiger partial charge is 0.508 e. The minimum absolute atomic E-state index is 0.0416. The Kier molecular flexibility index (Phi) is 9.00. The molecule has 2 heterocycles. The van der Waals surface area contributed by atoms with E-state index >= 15 is 4.79 Å². The van der Waals surface area contributed by atoms with Gasteiger partial charge in [0.1, 0.15) is 11.6 Å². The molecule has 0 bridgehead atoms. The molecular formula is C40H26Cl2F7N3O5. The molecular weight excluding hydrogens is 806 g/mol. The molecule has 4 aliphatic rings. The summed E-state index contributed by atoms with van der Waals surface area (Å²) in [6, 6.07) is 15.4. The number of hydrogen-bond donors (Lipinski definition) is 2. The second-order valence-corrected chi connectivity index (χ2v) is 15.2. The zero-order valence-corrected chi connectivity index (χ0v) is 30.3. The molecule has 57 heavy (non-hydrogen) atoms. The molecule has 1 saturated carbocycles. The number of benzene rings is 4. The van der Waals surface area contributed by atoms with E-state index < -0.39 is 93.6 Å². The first-order valence-corrected chi connectivity index (χ1v) is 18.1. The van der Waals surface area contributed by atoms with Crippen molar-refractivity contribution in [3.8, 4) is 5.75 Å². The Morgan fingerprint density at radius 1 is 0.754 bits per heavy atom. The van der Waals surface area contributed by atoms with Crippen LogP contribution in [0.25, 0.3) is 0 Å². The lowest BCUT2D eigenvalue weighted by molar-refractivity contribution is -0.143. The number of halogens is 9. The number of hydrogen-bond acceptors (Lipinski definition) is 6. The lowest BCUT2D eigenvalue weighted by atomic mass is 9.49. The number of phenolic OH excluding ortho intramolecular Hbond substituents is 1. The van der Waals surface area contributed by atoms with Crippen molar-refractivity contribution in [3.05, 3.63) is 135 Å². The second-order valence-electron chi connectivity index (χ2n) is 14.4. The number of amides is 4. The Morgan fingerprint density at radius 2 is 1.39 bits per heavy atom. The second kappa shape index (κ2) is 13.3. The summed E-state index contributed by atoms with van der Waals surface area (Å²) in [4.78, 5) is 58.7. The first-order chi connectivity index (χ1) is 26.8. The highest BCUT2D eigenvalue weighted by Gasteiger charge is 2.70. The number of nitrogens with zero attached hydrogens (tertiary/aromatic N) is 2. The summed E-state index contributed by atoms with van der Waals surface area (Å²) >= 11 is 13.1. The van der Waals surface area contributed by atoms with Crippen LogP contribution in [-0.4, -0.2) is 33.7 Å². The van der Waals surface area contributed by atoms with Crippen LogP contribution in [0.5, 0.6) is 5.75 Å². The Labute approximate surface area is 328 Å². The molecule has 17 heteroatoms. The molecule has 4 aromatic rings. The third-order valence-electron chi connectivity index (χ3n) is 11.4. The molecule has 2 saturated heterocycles. The van der Waals surface area contributed by atoms with Crippen molar-refractivity contribution in [2.75, 3.05) is 10.3 Å². The van der Waals surface area contributed by atoms with Crippen LogP contribution in [0.2, 0.25) is 10.0 Å². The van der Waals surface area contributed by atoms with Gasteiger partial charge in [0.15, 0.2) is 0 Å². The maximum atomic E-state index is 15.2. The highest BCUT2D eigenvalue weighted by Crippen LogP contribution is 2.65. The molecule has 2 N–H and O–H groups in total. The molecule has 0 unspecified atom stereocenters. The number of fused-ring (bicyclic) bond motifs is 4. The molecule has 4 aromatic carbocycles. The molecule has 0 radical (unpaired) electrons. The quantitative estimate of drug-likeness (QED) is 0.118. The summed E-state index contributed by atoms with van der Waals surface area (Å²) in [5.41, 5.74) is -2.40. The average Bonchev–Trinajstić information content (AvgIpc) is 3.53. The van der Waals surface area contributed by atoms with Gasteiger partial charge in [-0.3, -0.25) is 24.6 Å². The number of anilines is 2. The number of hydrazine groups is 1. The lowest BCUT2D eigenvalue weighted by Crippen LogP contribution is -2.53. The highest BCUT2D eigenvalue weighted by molar-refractivity contribution is 6.32. The van der Waals surface area contributed by atoms with Crippen molar-refractivity contribution in [2.24, 2.45) is 23.7 Å². The Bertz CT molecular complexity index is 2370. The fourth-order valence-corrected chi connectivity index (χ4v) is 9.48. The summed E-state index contributed by atoms with van der Waals surface area (Å²) in [7, 11) is 0. The minimum atomic E-state index is -5.27. The molecule has 4 amide bonds. The molecule has 0 spiro atoms. The summed E-state index contributed by atoms with van der Waals surface area (Å²) in [5, 5.41) is 11.4. The summed E-state index contributed by atoms with van der Waals surface area (Å²) in [6.07, 6.45) is -9.43. The number of phenols is 1. The number of carbonyl (C=O) groups excluding carboxylic acids is 4. The van der Waals surface area contributed by atoms with Crippen molar-refractivity contribution in [1.29, 1.82) is 0 Å². The minimum Gasteiger partial charge on any atom is -0.508 e. The lowest BCUT2D eigenvalue weighted by Gasteiger charge is -2.50. The van der Waals surface area contributed by atoms with Gasteiger partial charge in [-0.15, -0.1) is 0 Å². The number of imide groups is 2. The van der Waals surface area contributed by atoms with Gasteiger partial charge in [0, 0.05) is 16.0 Å². The molecule has 8 nitrogen and oxygen atoms in total. The number of aromatic hydroxyl groups is 1. The van der Waals surface area contributed by atoms with E-state index in [-0.39, 0.29) is 46.0 Å². The molecule has 2 aliphatic carbocycles. The van der Waals surface area contributed by atoms with Gasteiger partial charge in [-0.1, -0.05) is 53.1 Å². The SMILES string of the molecule is O=C1[C@@H]2C[C@@H]3C(=CC[C@@H]4C(=O)N(c5cc(C(F)(F)F)cc(C(F)(F)F)c5)C(=O)[C@@H]43)[C@H](c3ccc(O)cc3Cl)[C@]2(c2ccc(Cl)cc2)C(=O)N1Nc1ccc(F)cc1. The van der Waals surface area contributed by atoms with Crippen LogP contribution in [0.1, 0.15) is 41.0 Å². The fraction of sp³-hybridized carbons (Fsp3) is 0.250. The van der Waals surface area contributed by atoms with E-state index in [9.17, 15) is 50.2 Å². The Balaban J connectivity index is 1.31. The normalized spacial score (nSPS) is 26.0. The molecule has 0 aromatic heterocycles. The highest BCUT2D eigenvalue weighted by atomic mass is 35.5. The molecule has 6 atom stereocenters. The first-order valence-electron chi connectivity index (χ1n) is 17.3. The van der Waals surface area contributed by atoms with E-state index in [1.165, 1.54) is 42.5 Å². The van der Waals surface area contributed by atoms with E-state index in [1.807, 2.05) is 0 Å². The van der Waals surface area contributed by atoms with Crippen molar-refractivity contribution >= 4 is 58.2 Å². The van der Waals surface area contributed by atoms with Gasteiger partial charge < -0.3 is 5.11 Å². The van der Waals surface area contributed by atoms with Gasteiger partial charge in [0.05, 0.1) is 45.7 Å². The van der Waals surface area contributed by atoms with Crippen molar-refractivity contribution in [2.45, 2.75) is 36.5 Å². The van der Waals surface area contributed by atoms with Crippen molar-refractivity contribution < 1.29 is 55.0 Å². The van der Waals surface area contributed by atoms with Gasteiger partial charge in [-0.25, -0.2) is 9.29 Å². The Hall–Kier alpha value is -5.41. The molecule has 294 valence electrons. The van der Waals surface area contributed by atoms with E-state index in [1.54, 1.807) is 18.2 Å². The predicted molar refractivity (Wildman–Crippen MR) is 191 cm³/mol. The van der Waals surface area contributed by atoms with Crippen LogP contribution in [0, 0.1) is 29.5 Å². The van der Waals surface area contributed by atoms with E-state index in [4.69, 9.17) is 23.2 Å². The number of alkyl halides is 6. The third kappa shape index (κ3) is 6.04. The third-order valence-corrected chi connectivity index (χ3v) is 12.0. The van der Waals surface area contributed by atoms with Gasteiger partial charge >= 0.3 is 12.4 Å². The zero-order chi connectivity index (χ0) is 40.9. The van der Waals surface area contributed by atoms with Gasteiger partial charge in [-0.2, -0.15) is 31.4 Å². The van der Waals surface area contributed by atoms with Crippen LogP contribution < -0.4 is 10.3 Å². The van der Waals surface area contributed by atoms with Gasteiger partial charge in [0.25, 0.3) is 11.8 Å². The van der Waals surface area contributed by atoms with Crippen LogP contribution >= 0.6 is 23.2 Å². The average molecular weight is 833 g/mol. The fourth-order valence-electron chi connectivity index (χ4n) is 9.07. The van der Waals surface area contributed by atoms with E-state index in [2.05, 4.69) is 5.43 Å². The van der Waals surface area contributed by atoms with Crippen LogP contribution in [-0.2, 0) is 36.9 Å². The predicted octanol–water partition coefficient (Wildman–Crippen LogP) is 9.07. The number of nitrogens with one attached hydrogen (secondary N) is 1. The van der Waals surface area contributed by atoms with Crippen molar-refractivity contribution in [1.82, 2.24) is 5.01 Å². The number of rotatable bonds is 5. The summed E-state index contributed by atoms with van der Waals surface area (Å²) in [5.74, 6) is -10.8. The maximum absolute atomic E-state index is 15.2. The Morgan fingerprint density at radius 3 is 1.98 bits per heavy atom. The van der Waals surface area contributed by atoms with Crippen molar-refractivity contribution in [3.63, 3.8) is 0 Å². The monoisotopic (exact) mass is 831 g/mol. The van der Waals surface area contributed by atoms with E-state index in [0.717, 1.165) is 17.1 Å². The van der Waals surface area contributed by atoms with Gasteiger partial charge in [-0.05, 0) is 96.6 Å². The summed E-state index contributed by atoms with van der Waals surface area (Å²) < 4.78 is 97.2. The number of carbonyl (C=O) groups is 4. The van der Waals surface area contributed by atoms with Gasteiger partial charge in [0.2, 0.25) is 11.8 Å². The maximum Gasteiger partial charge on any atom is 0.416 e. The first kappa shape index (κ1) is 38.5. The van der Waals surface area contributed by atoms with E-state index in [0.29, 0.717) is 28.2 Å². The van der Waals surface area contributed by atoms with Crippen LogP contribution in [0.15, 0.2) is 96.6 Å². The standard InChI is InChI=1S/C40H26Cl2F7N3O5/c41-21-3-1-18(2-4-21)38-30(35(55)52(37(38)57)50-23-7-5-22(43)6-8-23)17-29-26(33(38)27-10-9-25(53)16-31(27)42)11-12-28-32(29)36(56)51(34(28)54)24-14-19(39(44,45)46)13-20(15-24)40(47,48)49/h1-11,13-16,28-30,32-33,50,53H,12,17H2/t28-,29+,30-,32-,33+,38+/m0/s1.